The lowest BCUT2D eigenvalue weighted by molar-refractivity contribution is 0.0686. The zero-order valence-corrected chi connectivity index (χ0v) is 25.8. The molecule has 48 heavy (non-hydrogen) atoms. The van der Waals surface area contributed by atoms with Gasteiger partial charge in [-0.1, -0.05) is 29.3 Å². The van der Waals surface area contributed by atoms with E-state index in [9.17, 15) is 31.9 Å². The van der Waals surface area contributed by atoms with Crippen molar-refractivity contribution in [2.75, 3.05) is 10.6 Å². The molecule has 1 aromatic heterocycles. The van der Waals surface area contributed by atoms with Gasteiger partial charge in [0.15, 0.2) is 11.6 Å². The van der Waals surface area contributed by atoms with Crippen LogP contribution in [0.3, 0.4) is 0 Å². The van der Waals surface area contributed by atoms with E-state index >= 15 is 4.39 Å². The highest BCUT2D eigenvalue weighted by Gasteiger charge is 2.28. The third kappa shape index (κ3) is 6.80. The van der Waals surface area contributed by atoms with Crippen molar-refractivity contribution in [1.29, 1.82) is 0 Å². The Morgan fingerprint density at radius 2 is 1.48 bits per heavy atom. The van der Waals surface area contributed by atoms with Crippen LogP contribution in [0.2, 0.25) is 10.0 Å². The summed E-state index contributed by atoms with van der Waals surface area (Å²) in [6.45, 7) is 2.06. The fourth-order valence-corrected chi connectivity index (χ4v) is 5.11. The van der Waals surface area contributed by atoms with Crippen LogP contribution < -0.4 is 16.0 Å². The third-order valence-electron chi connectivity index (χ3n) is 6.98. The molecule has 0 spiro atoms. The Balaban J connectivity index is 0.000000318. The molecule has 5 N–H and O–H groups in total. The number of aromatic carboxylic acids is 1. The van der Waals surface area contributed by atoms with E-state index < -0.39 is 57.4 Å². The van der Waals surface area contributed by atoms with Crippen LogP contribution in [-0.4, -0.2) is 33.0 Å². The number of halogens is 7. The van der Waals surface area contributed by atoms with E-state index in [1.54, 1.807) is 18.3 Å². The minimum Gasteiger partial charge on any atom is -0.477 e. The molecular weight excluding hydrogens is 684 g/mol. The van der Waals surface area contributed by atoms with Gasteiger partial charge < -0.3 is 26.0 Å². The Hall–Kier alpha value is -5.47. The molecule has 246 valence electrons. The molecule has 0 saturated heterocycles. The highest BCUT2D eigenvalue weighted by molar-refractivity contribution is 6.31. The number of rotatable bonds is 5. The van der Waals surface area contributed by atoms with Gasteiger partial charge in [0.1, 0.15) is 34.5 Å². The summed E-state index contributed by atoms with van der Waals surface area (Å²) in [6, 6.07) is 10.0. The van der Waals surface area contributed by atoms with Gasteiger partial charge in [-0.05, 0) is 66.6 Å². The molecule has 4 aromatic carbocycles. The molecule has 0 aliphatic carbocycles. The number of amides is 3. The summed E-state index contributed by atoms with van der Waals surface area (Å²) in [5.74, 6) is -6.62. The van der Waals surface area contributed by atoms with Crippen LogP contribution in [0.15, 0.2) is 60.8 Å². The molecule has 0 atom stereocenters. The minimum absolute atomic E-state index is 0.0464. The first-order chi connectivity index (χ1) is 22.8. The molecule has 0 bridgehead atoms. The Morgan fingerprint density at radius 3 is 2.10 bits per heavy atom. The molecule has 0 fully saturated rings. The number of benzene rings is 4. The Bertz CT molecular complexity index is 2130. The molecule has 6 rings (SSSR count). The number of nitrogens with zero attached hydrogens (tertiary/aromatic N) is 1. The van der Waals surface area contributed by atoms with Gasteiger partial charge >= 0.3 is 12.0 Å². The van der Waals surface area contributed by atoms with Crippen molar-refractivity contribution in [3.8, 4) is 22.5 Å². The Morgan fingerprint density at radius 1 is 0.833 bits per heavy atom. The number of carboxylic acid groups (broad SMARTS) is 1. The van der Waals surface area contributed by atoms with Crippen LogP contribution in [-0.2, 0) is 6.54 Å². The summed E-state index contributed by atoms with van der Waals surface area (Å²) in [7, 11) is 0. The summed E-state index contributed by atoms with van der Waals surface area (Å²) in [5.41, 5.74) is 1.48. The van der Waals surface area contributed by atoms with Gasteiger partial charge in [-0.2, -0.15) is 0 Å². The van der Waals surface area contributed by atoms with Gasteiger partial charge in [-0.15, -0.1) is 0 Å². The predicted molar refractivity (Wildman–Crippen MR) is 168 cm³/mol. The lowest BCUT2D eigenvalue weighted by Gasteiger charge is -2.13. The molecule has 0 radical (unpaired) electrons. The summed E-state index contributed by atoms with van der Waals surface area (Å²) in [6.07, 6.45) is 1.65. The number of carboxylic acids is 1. The minimum atomic E-state index is -1.67. The second-order valence-corrected chi connectivity index (χ2v) is 10.9. The molecule has 1 aliphatic rings. The van der Waals surface area contributed by atoms with E-state index in [4.69, 9.17) is 28.3 Å². The fourth-order valence-electron chi connectivity index (χ4n) is 4.80. The number of urea groups is 1. The molecule has 16 heteroatoms. The predicted octanol–water partition coefficient (Wildman–Crippen LogP) is 8.33. The number of fused-ring (bicyclic) bond motifs is 1. The van der Waals surface area contributed by atoms with E-state index in [1.165, 1.54) is 12.1 Å². The lowest BCUT2D eigenvalue weighted by atomic mass is 9.92. The topological polar surface area (TPSA) is 136 Å². The normalized spacial score (nSPS) is 11.7. The molecule has 0 unspecified atom stereocenters. The average molecular weight is 704 g/mol. The second-order valence-electron chi connectivity index (χ2n) is 10.1. The highest BCUT2D eigenvalue weighted by Crippen LogP contribution is 2.37. The van der Waals surface area contributed by atoms with Crippen LogP contribution in [0.5, 0.6) is 0 Å². The monoisotopic (exact) mass is 703 g/mol. The van der Waals surface area contributed by atoms with Crippen molar-refractivity contribution in [3.05, 3.63) is 122 Å². The van der Waals surface area contributed by atoms with E-state index in [0.29, 0.717) is 28.1 Å². The second kappa shape index (κ2) is 13.7. The number of hydrogen-bond acceptors (Lipinski definition) is 4. The van der Waals surface area contributed by atoms with E-state index in [-0.39, 0.29) is 28.7 Å². The van der Waals surface area contributed by atoms with Crippen LogP contribution in [0, 0.1) is 36.0 Å². The standard InChI is InChI=1S/C25H17ClF3N5O2.C7H3ClF2O2/c1-11-9-30-23(32-11)15-5-4-13(16-10-31-24(35)20(15)16)14-3-2-12(8-19(14)28)33-25(36)34-22-18(27)7-6-17(26)21(22)29;8-3-1-2-4(9)5(6(3)10)7(11)12/h2-9H,10H2,1H3,(H,30,32)(H,31,35)(H2,33,34,36);1-2H,(H,11,12). The number of aromatic nitrogens is 2. The number of aryl methyl sites for hydroxylation is 1. The number of nitrogens with one attached hydrogen (secondary N) is 4. The van der Waals surface area contributed by atoms with E-state index in [2.05, 4.69) is 20.6 Å². The maximum absolute atomic E-state index is 15.2. The van der Waals surface area contributed by atoms with Gasteiger partial charge in [-0.25, -0.2) is 36.5 Å². The Labute approximate surface area is 277 Å². The first kappa shape index (κ1) is 33.9. The van der Waals surface area contributed by atoms with Crippen molar-refractivity contribution in [2.24, 2.45) is 0 Å². The molecule has 2 heterocycles. The first-order valence-electron chi connectivity index (χ1n) is 13.6. The number of aromatic amines is 1. The third-order valence-corrected chi connectivity index (χ3v) is 7.56. The van der Waals surface area contributed by atoms with Crippen LogP contribution in [0.1, 0.15) is 32.0 Å². The molecule has 9 nitrogen and oxygen atoms in total. The number of hydrogen-bond donors (Lipinski definition) is 5. The van der Waals surface area contributed by atoms with Crippen LogP contribution in [0.25, 0.3) is 22.5 Å². The lowest BCUT2D eigenvalue weighted by Crippen LogP contribution is -2.21. The van der Waals surface area contributed by atoms with Crippen LogP contribution in [0.4, 0.5) is 38.1 Å². The molecule has 5 aromatic rings. The van der Waals surface area contributed by atoms with Crippen molar-refractivity contribution in [3.63, 3.8) is 0 Å². The number of H-pyrrole nitrogens is 1. The number of anilines is 2. The average Bonchev–Trinajstić information content (AvgIpc) is 3.65. The number of carbonyl (C=O) groups excluding carboxylic acids is 2. The quantitative estimate of drug-likeness (QED) is 0.0926. The largest absolute Gasteiger partial charge is 0.477 e. The molecule has 3 amide bonds. The van der Waals surface area contributed by atoms with Crippen molar-refractivity contribution >= 4 is 52.5 Å². The van der Waals surface area contributed by atoms with E-state index in [0.717, 1.165) is 36.0 Å². The summed E-state index contributed by atoms with van der Waals surface area (Å²) in [4.78, 5) is 42.5. The molecule has 1 aliphatic heterocycles. The van der Waals surface area contributed by atoms with Gasteiger partial charge in [-0.3, -0.25) is 4.79 Å². The summed E-state index contributed by atoms with van der Waals surface area (Å²) in [5, 5.41) is 14.7. The maximum atomic E-state index is 15.2. The number of imidazole rings is 1. The van der Waals surface area contributed by atoms with Gasteiger partial charge in [0, 0.05) is 35.2 Å². The van der Waals surface area contributed by atoms with Crippen molar-refractivity contribution in [1.82, 2.24) is 15.3 Å². The van der Waals surface area contributed by atoms with Gasteiger partial charge in [0.25, 0.3) is 5.91 Å². The zero-order valence-electron chi connectivity index (χ0n) is 24.2. The van der Waals surface area contributed by atoms with Crippen molar-refractivity contribution in [2.45, 2.75) is 13.5 Å². The van der Waals surface area contributed by atoms with Crippen molar-refractivity contribution < 1.29 is 41.4 Å². The maximum Gasteiger partial charge on any atom is 0.341 e. The van der Waals surface area contributed by atoms with Crippen LogP contribution >= 0.6 is 23.2 Å². The molecule has 0 saturated carbocycles. The van der Waals surface area contributed by atoms with Gasteiger partial charge in [0.05, 0.1) is 15.6 Å². The molecular formula is C32H20Cl2F5N5O4. The summed E-state index contributed by atoms with van der Waals surface area (Å²) >= 11 is 10.9. The van der Waals surface area contributed by atoms with E-state index in [1.807, 2.05) is 12.2 Å². The first-order valence-corrected chi connectivity index (χ1v) is 14.4. The Kier molecular flexibility index (Phi) is 9.68. The highest BCUT2D eigenvalue weighted by atomic mass is 35.5. The SMILES string of the molecule is Cc1cnc(-c2ccc(-c3ccc(NC(=O)Nc4c(F)ccc(Cl)c4F)cc3F)c3c2C(=O)NC3)[nH]1.O=C(O)c1c(F)ccc(Cl)c1F. The zero-order chi connectivity index (χ0) is 34.9. The smallest absolute Gasteiger partial charge is 0.341 e. The van der Waals surface area contributed by atoms with Gasteiger partial charge in [0.2, 0.25) is 0 Å². The fraction of sp³-hybridized carbons (Fsp3) is 0.0625. The number of carbonyl (C=O) groups is 3. The summed E-state index contributed by atoms with van der Waals surface area (Å²) < 4.78 is 68.4.